The Morgan fingerprint density at radius 2 is 1.51 bits per heavy atom. The van der Waals surface area contributed by atoms with Crippen molar-refractivity contribution in [1.29, 1.82) is 0 Å². The summed E-state index contributed by atoms with van der Waals surface area (Å²) in [6, 6.07) is 20.3. The number of rotatable bonds is 13. The predicted molar refractivity (Wildman–Crippen MR) is 153 cm³/mol. The summed E-state index contributed by atoms with van der Waals surface area (Å²) in [5.74, 6) is -4.46. The molecule has 0 radical (unpaired) electrons. The Kier molecular flexibility index (Phi) is 11.4. The summed E-state index contributed by atoms with van der Waals surface area (Å²) in [4.78, 5) is 53.4. The molecular weight excluding hydrogens is 565 g/mol. The lowest BCUT2D eigenvalue weighted by molar-refractivity contribution is -0.202. The van der Waals surface area contributed by atoms with Gasteiger partial charge in [-0.05, 0) is 55.5 Å². The van der Waals surface area contributed by atoms with Crippen molar-refractivity contribution in [1.82, 2.24) is 15.6 Å². The largest absolute Gasteiger partial charge is 0.491 e. The van der Waals surface area contributed by atoms with Gasteiger partial charge in [0.05, 0.1) is 12.5 Å². The van der Waals surface area contributed by atoms with Gasteiger partial charge in [0.1, 0.15) is 11.4 Å². The van der Waals surface area contributed by atoms with Crippen LogP contribution in [0.2, 0.25) is 0 Å². The normalized spacial score (nSPS) is 12.1. The van der Waals surface area contributed by atoms with Crippen LogP contribution in [0.15, 0.2) is 79.0 Å². The van der Waals surface area contributed by atoms with Gasteiger partial charge in [-0.1, -0.05) is 60.7 Å². The van der Waals surface area contributed by atoms with Crippen LogP contribution < -0.4 is 16.0 Å². The van der Waals surface area contributed by atoms with Crippen molar-refractivity contribution >= 4 is 29.6 Å². The lowest BCUT2D eigenvalue weighted by atomic mass is 9.97. The van der Waals surface area contributed by atoms with Crippen LogP contribution in [0, 0.1) is 0 Å². The van der Waals surface area contributed by atoms with Gasteiger partial charge in [-0.3, -0.25) is 14.4 Å². The first kappa shape index (κ1) is 32.8. The van der Waals surface area contributed by atoms with E-state index in [2.05, 4.69) is 25.7 Å². The van der Waals surface area contributed by atoms with Crippen LogP contribution in [0.3, 0.4) is 0 Å². The Morgan fingerprint density at radius 1 is 0.860 bits per heavy atom. The molecule has 3 rings (SSSR count). The molecule has 1 heterocycles. The Morgan fingerprint density at radius 3 is 2.14 bits per heavy atom. The maximum Gasteiger partial charge on any atom is 0.491 e. The number of carbonyl (C=O) groups excluding carboxylic acids is 4. The molecule has 0 saturated heterocycles. The Bertz CT molecular complexity index is 1380. The van der Waals surface area contributed by atoms with Crippen LogP contribution in [0.25, 0.3) is 11.1 Å². The van der Waals surface area contributed by atoms with E-state index in [1.54, 1.807) is 36.5 Å². The third kappa shape index (κ3) is 10.6. The second kappa shape index (κ2) is 14.9. The first-order valence-electron chi connectivity index (χ1n) is 13.6. The van der Waals surface area contributed by atoms with Crippen LogP contribution in [0.4, 0.5) is 19.0 Å². The number of alkyl halides is 3. The molecule has 2 aromatic carbocycles. The minimum atomic E-state index is -5.35. The van der Waals surface area contributed by atoms with E-state index in [1.165, 1.54) is 13.8 Å². The highest BCUT2D eigenvalue weighted by Crippen LogP contribution is 2.25. The van der Waals surface area contributed by atoms with E-state index in [0.717, 1.165) is 16.9 Å². The maximum absolute atomic E-state index is 13.2. The van der Waals surface area contributed by atoms with E-state index in [-0.39, 0.29) is 12.3 Å². The molecule has 43 heavy (non-hydrogen) atoms. The topological polar surface area (TPSA) is 126 Å². The molecule has 3 aromatic rings. The van der Waals surface area contributed by atoms with Crippen LogP contribution in [-0.2, 0) is 23.9 Å². The molecule has 0 aliphatic heterocycles. The zero-order valence-corrected chi connectivity index (χ0v) is 23.7. The number of benzene rings is 2. The Labute approximate surface area is 247 Å². The minimum Gasteiger partial charge on any atom is -0.386 e. The van der Waals surface area contributed by atoms with Gasteiger partial charge >= 0.3 is 18.1 Å². The molecule has 9 nitrogen and oxygen atoms in total. The maximum atomic E-state index is 13.2. The fourth-order valence-corrected chi connectivity index (χ4v) is 4.06. The van der Waals surface area contributed by atoms with Crippen molar-refractivity contribution < 1.29 is 37.1 Å². The molecule has 2 amide bonds. The van der Waals surface area contributed by atoms with Gasteiger partial charge in [0, 0.05) is 19.2 Å². The number of halogens is 3. The highest BCUT2D eigenvalue weighted by atomic mass is 19.4. The molecule has 0 saturated carbocycles. The molecule has 0 bridgehead atoms. The summed E-state index contributed by atoms with van der Waals surface area (Å²) in [5, 5.41) is 8.41. The zero-order valence-electron chi connectivity index (χ0n) is 23.7. The standard InChI is InChI=1S/C31H33F3N4O5/c1-30(2,38-26(39)13-7-9-19-36-25-12-6-8-18-35-25)28(41)37-24(20-27(40)43-29(42)31(32,33)34)23-16-14-22(15-17-23)21-10-4-3-5-11-21/h3-6,8,10-12,14-18,24H,7,9,13,19-20H2,1-2H3,(H,35,36)(H,37,41)(H,38,39). The molecule has 0 aliphatic carbocycles. The van der Waals surface area contributed by atoms with E-state index >= 15 is 0 Å². The van der Waals surface area contributed by atoms with E-state index in [4.69, 9.17) is 0 Å². The molecule has 0 fully saturated rings. The molecule has 0 aliphatic rings. The van der Waals surface area contributed by atoms with Gasteiger partial charge in [-0.2, -0.15) is 13.2 Å². The molecule has 228 valence electrons. The second-order valence-electron chi connectivity index (χ2n) is 10.2. The summed E-state index contributed by atoms with van der Waals surface area (Å²) >= 11 is 0. The number of esters is 2. The van der Waals surface area contributed by atoms with E-state index in [9.17, 15) is 32.3 Å². The van der Waals surface area contributed by atoms with Crippen LogP contribution in [-0.4, -0.2) is 47.0 Å². The summed E-state index contributed by atoms with van der Waals surface area (Å²) in [6.07, 6.45) is -3.08. The fourth-order valence-electron chi connectivity index (χ4n) is 4.06. The smallest absolute Gasteiger partial charge is 0.386 e. The first-order chi connectivity index (χ1) is 20.3. The van der Waals surface area contributed by atoms with Gasteiger partial charge in [-0.15, -0.1) is 0 Å². The summed E-state index contributed by atoms with van der Waals surface area (Å²) in [5.41, 5.74) is 0.678. The lowest BCUT2D eigenvalue weighted by Crippen LogP contribution is -2.55. The second-order valence-corrected chi connectivity index (χ2v) is 10.2. The molecular formula is C31H33F3N4O5. The molecule has 1 aromatic heterocycles. The number of nitrogens with zero attached hydrogens (tertiary/aromatic N) is 1. The van der Waals surface area contributed by atoms with Crippen molar-refractivity contribution in [2.24, 2.45) is 0 Å². The third-order valence-electron chi connectivity index (χ3n) is 6.36. The zero-order chi connectivity index (χ0) is 31.5. The number of unbranched alkanes of at least 4 members (excludes halogenated alkanes) is 1. The number of pyridine rings is 1. The SMILES string of the molecule is CC(C)(NC(=O)CCCCNc1ccccn1)C(=O)NC(CC(=O)OC(=O)C(F)(F)F)c1ccc(-c2ccccc2)cc1. The number of ether oxygens (including phenoxy) is 1. The van der Waals surface area contributed by atoms with E-state index < -0.39 is 42.0 Å². The summed E-state index contributed by atoms with van der Waals surface area (Å²) < 4.78 is 41.8. The average Bonchev–Trinajstić information content (AvgIpc) is 2.97. The van der Waals surface area contributed by atoms with Crippen molar-refractivity contribution in [2.45, 2.75) is 57.3 Å². The molecule has 0 spiro atoms. The van der Waals surface area contributed by atoms with Crippen molar-refractivity contribution in [3.05, 3.63) is 84.6 Å². The average molecular weight is 599 g/mol. The van der Waals surface area contributed by atoms with Gasteiger partial charge in [0.25, 0.3) is 0 Å². The Hall–Kier alpha value is -4.74. The minimum absolute atomic E-state index is 0.150. The number of hydrogen-bond donors (Lipinski definition) is 3. The summed E-state index contributed by atoms with van der Waals surface area (Å²) in [6.45, 7) is 3.53. The van der Waals surface area contributed by atoms with Crippen molar-refractivity contribution in [3.8, 4) is 11.1 Å². The third-order valence-corrected chi connectivity index (χ3v) is 6.36. The monoisotopic (exact) mass is 598 g/mol. The summed E-state index contributed by atoms with van der Waals surface area (Å²) in [7, 11) is 0. The van der Waals surface area contributed by atoms with E-state index in [1.807, 2.05) is 42.5 Å². The van der Waals surface area contributed by atoms with Crippen molar-refractivity contribution in [3.63, 3.8) is 0 Å². The number of carbonyl (C=O) groups is 4. The van der Waals surface area contributed by atoms with Crippen LogP contribution >= 0.6 is 0 Å². The molecule has 12 heteroatoms. The van der Waals surface area contributed by atoms with Crippen LogP contribution in [0.5, 0.6) is 0 Å². The Balaban J connectivity index is 1.63. The van der Waals surface area contributed by atoms with Crippen molar-refractivity contribution in [2.75, 3.05) is 11.9 Å². The lowest BCUT2D eigenvalue weighted by Gasteiger charge is -2.28. The number of hydrogen-bond acceptors (Lipinski definition) is 7. The highest BCUT2D eigenvalue weighted by Gasteiger charge is 2.43. The molecule has 1 atom stereocenters. The molecule has 1 unspecified atom stereocenters. The number of amides is 2. The quantitative estimate of drug-likeness (QED) is 0.142. The van der Waals surface area contributed by atoms with Gasteiger partial charge < -0.3 is 20.7 Å². The van der Waals surface area contributed by atoms with E-state index in [0.29, 0.717) is 24.9 Å². The van der Waals surface area contributed by atoms with Crippen LogP contribution in [0.1, 0.15) is 51.1 Å². The number of aromatic nitrogens is 1. The predicted octanol–water partition coefficient (Wildman–Crippen LogP) is 5.11. The number of anilines is 1. The fraction of sp³-hybridized carbons (Fsp3) is 0.323. The van der Waals surface area contributed by atoms with Gasteiger partial charge in [0.15, 0.2) is 0 Å². The number of nitrogens with one attached hydrogen (secondary N) is 3. The first-order valence-corrected chi connectivity index (χ1v) is 13.6. The highest BCUT2D eigenvalue weighted by molar-refractivity contribution is 5.92. The molecule has 3 N–H and O–H groups in total. The van der Waals surface area contributed by atoms with Gasteiger partial charge in [-0.25, -0.2) is 9.78 Å². The van der Waals surface area contributed by atoms with Gasteiger partial charge in [0.2, 0.25) is 11.8 Å².